The van der Waals surface area contributed by atoms with Gasteiger partial charge in [-0.25, -0.2) is 4.79 Å². The number of pyridine rings is 1. The number of hydrogen-bond acceptors (Lipinski definition) is 4. The molecule has 3 atom stereocenters. The van der Waals surface area contributed by atoms with Crippen molar-refractivity contribution in [1.29, 1.82) is 0 Å². The predicted octanol–water partition coefficient (Wildman–Crippen LogP) is 1.23. The van der Waals surface area contributed by atoms with Gasteiger partial charge in [0.05, 0.1) is 18.2 Å². The van der Waals surface area contributed by atoms with Crippen molar-refractivity contribution in [1.82, 2.24) is 10.3 Å². The molecule has 6 heteroatoms. The molecule has 6 nitrogen and oxygen atoms in total. The summed E-state index contributed by atoms with van der Waals surface area (Å²) in [6.07, 6.45) is 7.32. The van der Waals surface area contributed by atoms with Gasteiger partial charge in [0.25, 0.3) is 5.91 Å². The molecule has 1 aromatic heterocycles. The van der Waals surface area contributed by atoms with Crippen LogP contribution in [0, 0.1) is 0 Å². The van der Waals surface area contributed by atoms with Crippen LogP contribution < -0.4 is 5.32 Å². The zero-order chi connectivity index (χ0) is 14.8. The molecule has 3 unspecified atom stereocenters. The molecule has 2 aliphatic rings. The van der Waals surface area contributed by atoms with Crippen LogP contribution in [-0.4, -0.2) is 40.2 Å². The van der Waals surface area contributed by atoms with Crippen LogP contribution in [0.15, 0.2) is 24.4 Å². The largest absolute Gasteiger partial charge is 0.478 e. The van der Waals surface area contributed by atoms with Crippen molar-refractivity contribution in [3.8, 4) is 0 Å². The van der Waals surface area contributed by atoms with Gasteiger partial charge in [0.15, 0.2) is 0 Å². The number of nitrogens with one attached hydrogen (secondary N) is 1. The first-order chi connectivity index (χ1) is 10.1. The van der Waals surface area contributed by atoms with Crippen LogP contribution in [0.1, 0.15) is 35.3 Å². The molecule has 2 saturated heterocycles. The molecule has 21 heavy (non-hydrogen) atoms. The first-order valence-corrected chi connectivity index (χ1v) is 6.95. The van der Waals surface area contributed by atoms with Gasteiger partial charge < -0.3 is 15.2 Å². The Kier molecular flexibility index (Phi) is 3.70. The second-order valence-corrected chi connectivity index (χ2v) is 5.34. The third-order valence-corrected chi connectivity index (χ3v) is 3.86. The SMILES string of the molecule is O=C(O)/C=C/c1ccc(C(=O)NC2CC3CCC2O3)nc1. The van der Waals surface area contributed by atoms with Gasteiger partial charge in [0.2, 0.25) is 0 Å². The molecule has 2 N–H and O–H groups in total. The summed E-state index contributed by atoms with van der Waals surface area (Å²) in [5, 5.41) is 11.5. The first-order valence-electron chi connectivity index (χ1n) is 6.95. The fraction of sp³-hybridized carbons (Fsp3) is 0.400. The van der Waals surface area contributed by atoms with E-state index in [-0.39, 0.29) is 24.2 Å². The summed E-state index contributed by atoms with van der Waals surface area (Å²) in [5.41, 5.74) is 0.961. The van der Waals surface area contributed by atoms with E-state index < -0.39 is 5.97 Å². The van der Waals surface area contributed by atoms with E-state index in [1.165, 1.54) is 12.3 Å². The first kappa shape index (κ1) is 13.8. The highest BCUT2D eigenvalue weighted by molar-refractivity contribution is 5.92. The molecule has 0 aromatic carbocycles. The van der Waals surface area contributed by atoms with Gasteiger partial charge in [0, 0.05) is 12.3 Å². The van der Waals surface area contributed by atoms with Crippen molar-refractivity contribution in [2.45, 2.75) is 37.5 Å². The maximum absolute atomic E-state index is 12.1. The van der Waals surface area contributed by atoms with E-state index in [0.717, 1.165) is 25.3 Å². The fourth-order valence-corrected chi connectivity index (χ4v) is 2.84. The van der Waals surface area contributed by atoms with Crippen LogP contribution in [0.3, 0.4) is 0 Å². The molecule has 0 saturated carbocycles. The Morgan fingerprint density at radius 2 is 2.24 bits per heavy atom. The summed E-state index contributed by atoms with van der Waals surface area (Å²) >= 11 is 0. The molecule has 2 bridgehead atoms. The van der Waals surface area contributed by atoms with Gasteiger partial charge in [0.1, 0.15) is 5.69 Å². The number of aliphatic carboxylic acids is 1. The lowest BCUT2D eigenvalue weighted by Gasteiger charge is -2.19. The van der Waals surface area contributed by atoms with E-state index in [4.69, 9.17) is 9.84 Å². The Hall–Kier alpha value is -2.21. The van der Waals surface area contributed by atoms with Crippen LogP contribution in [0.2, 0.25) is 0 Å². The second kappa shape index (κ2) is 5.65. The third kappa shape index (κ3) is 3.11. The lowest BCUT2D eigenvalue weighted by molar-refractivity contribution is -0.131. The quantitative estimate of drug-likeness (QED) is 0.813. The van der Waals surface area contributed by atoms with Crippen LogP contribution in [0.25, 0.3) is 6.08 Å². The molecular formula is C15H16N2O4. The van der Waals surface area contributed by atoms with Gasteiger partial charge in [-0.15, -0.1) is 0 Å². The summed E-state index contributed by atoms with van der Waals surface area (Å²) in [6, 6.07) is 3.33. The van der Waals surface area contributed by atoms with E-state index in [9.17, 15) is 9.59 Å². The van der Waals surface area contributed by atoms with Gasteiger partial charge in [-0.3, -0.25) is 9.78 Å². The molecule has 3 rings (SSSR count). The Morgan fingerprint density at radius 3 is 2.81 bits per heavy atom. The molecule has 2 fully saturated rings. The number of fused-ring (bicyclic) bond motifs is 2. The lowest BCUT2D eigenvalue weighted by Crippen LogP contribution is -2.41. The molecule has 2 aliphatic heterocycles. The van der Waals surface area contributed by atoms with Crippen molar-refractivity contribution < 1.29 is 19.4 Å². The number of hydrogen-bond donors (Lipinski definition) is 2. The molecule has 1 amide bonds. The Balaban J connectivity index is 1.61. The van der Waals surface area contributed by atoms with Crippen molar-refractivity contribution in [2.75, 3.05) is 0 Å². The predicted molar refractivity (Wildman–Crippen MR) is 74.7 cm³/mol. The minimum Gasteiger partial charge on any atom is -0.478 e. The minimum absolute atomic E-state index is 0.0737. The number of ether oxygens (including phenoxy) is 1. The monoisotopic (exact) mass is 288 g/mol. The van der Waals surface area contributed by atoms with Crippen LogP contribution >= 0.6 is 0 Å². The lowest BCUT2D eigenvalue weighted by atomic mass is 9.95. The van der Waals surface area contributed by atoms with Crippen molar-refractivity contribution in [3.63, 3.8) is 0 Å². The molecule has 1 aromatic rings. The molecule has 0 aliphatic carbocycles. The van der Waals surface area contributed by atoms with E-state index in [1.807, 2.05) is 0 Å². The fourth-order valence-electron chi connectivity index (χ4n) is 2.84. The van der Waals surface area contributed by atoms with E-state index in [0.29, 0.717) is 11.3 Å². The standard InChI is InChI=1S/C15H16N2O4/c18-14(19)6-2-9-1-4-11(16-8-9)15(20)17-12-7-10-3-5-13(12)21-10/h1-2,4,6,8,10,12-13H,3,5,7H2,(H,17,20)(H,18,19)/b6-2+. The number of amides is 1. The summed E-state index contributed by atoms with van der Waals surface area (Å²) < 4.78 is 5.70. The van der Waals surface area contributed by atoms with Crippen molar-refractivity contribution in [3.05, 3.63) is 35.7 Å². The Bertz CT molecular complexity index is 582. The highest BCUT2D eigenvalue weighted by Crippen LogP contribution is 2.34. The number of carboxylic acids is 1. The summed E-state index contributed by atoms with van der Waals surface area (Å²) in [7, 11) is 0. The highest BCUT2D eigenvalue weighted by Gasteiger charge is 2.41. The number of aromatic nitrogens is 1. The maximum Gasteiger partial charge on any atom is 0.328 e. The average molecular weight is 288 g/mol. The zero-order valence-corrected chi connectivity index (χ0v) is 11.4. The normalized spacial score (nSPS) is 27.1. The van der Waals surface area contributed by atoms with Crippen LogP contribution in [0.4, 0.5) is 0 Å². The Morgan fingerprint density at radius 1 is 1.38 bits per heavy atom. The summed E-state index contributed by atoms with van der Waals surface area (Å²) in [4.78, 5) is 26.6. The minimum atomic E-state index is -1.02. The molecule has 0 radical (unpaired) electrons. The van der Waals surface area contributed by atoms with Gasteiger partial charge >= 0.3 is 5.97 Å². The average Bonchev–Trinajstić information content (AvgIpc) is 3.08. The van der Waals surface area contributed by atoms with Gasteiger partial charge in [-0.1, -0.05) is 6.07 Å². The third-order valence-electron chi connectivity index (χ3n) is 3.86. The van der Waals surface area contributed by atoms with E-state index in [1.54, 1.807) is 12.1 Å². The zero-order valence-electron chi connectivity index (χ0n) is 11.4. The number of carbonyl (C=O) groups excluding carboxylic acids is 1. The van der Waals surface area contributed by atoms with Crippen LogP contribution in [-0.2, 0) is 9.53 Å². The van der Waals surface area contributed by atoms with E-state index >= 15 is 0 Å². The Labute approximate surface area is 121 Å². The topological polar surface area (TPSA) is 88.5 Å². The van der Waals surface area contributed by atoms with Gasteiger partial charge in [-0.05, 0) is 37.0 Å². The van der Waals surface area contributed by atoms with Crippen molar-refractivity contribution >= 4 is 18.0 Å². The molecule has 110 valence electrons. The van der Waals surface area contributed by atoms with Gasteiger partial charge in [-0.2, -0.15) is 0 Å². The summed E-state index contributed by atoms with van der Waals surface area (Å²) in [6.45, 7) is 0. The summed E-state index contributed by atoms with van der Waals surface area (Å²) in [5.74, 6) is -1.24. The number of carboxylic acid groups (broad SMARTS) is 1. The highest BCUT2D eigenvalue weighted by atomic mass is 16.5. The number of nitrogens with zero attached hydrogens (tertiary/aromatic N) is 1. The maximum atomic E-state index is 12.1. The number of rotatable bonds is 4. The number of carbonyl (C=O) groups is 2. The molecule has 3 heterocycles. The molecular weight excluding hydrogens is 272 g/mol. The second-order valence-electron chi connectivity index (χ2n) is 5.34. The van der Waals surface area contributed by atoms with Crippen molar-refractivity contribution in [2.24, 2.45) is 0 Å². The molecule has 0 spiro atoms. The van der Waals surface area contributed by atoms with E-state index in [2.05, 4.69) is 10.3 Å². The smallest absolute Gasteiger partial charge is 0.328 e. The van der Waals surface area contributed by atoms with Crippen LogP contribution in [0.5, 0.6) is 0 Å².